The third-order valence-electron chi connectivity index (χ3n) is 10.9. The highest BCUT2D eigenvalue weighted by Gasteiger charge is 2.46. The summed E-state index contributed by atoms with van der Waals surface area (Å²) in [5, 5.41) is 45.3. The summed E-state index contributed by atoms with van der Waals surface area (Å²) in [6.07, 6.45) is 1.80. The first-order chi connectivity index (χ1) is 25.7. The molecule has 1 aliphatic heterocycles. The Hall–Kier alpha value is -2.73. The van der Waals surface area contributed by atoms with Crippen molar-refractivity contribution in [3.63, 3.8) is 0 Å². The van der Waals surface area contributed by atoms with E-state index in [0.717, 1.165) is 0 Å². The molecule has 4 fully saturated rings. The summed E-state index contributed by atoms with van der Waals surface area (Å²) in [5.41, 5.74) is 0.972. The van der Waals surface area contributed by atoms with Gasteiger partial charge in [-0.2, -0.15) is 0 Å². The van der Waals surface area contributed by atoms with Gasteiger partial charge in [-0.05, 0) is 78.6 Å². The van der Waals surface area contributed by atoms with Crippen LogP contribution in [0.25, 0.3) is 0 Å². The maximum Gasteiger partial charge on any atom is 0.333 e. The van der Waals surface area contributed by atoms with Gasteiger partial charge in [0.2, 0.25) is 0 Å². The number of ether oxygens (including phenoxy) is 6. The summed E-state index contributed by atoms with van der Waals surface area (Å²) in [7, 11) is 0. The molecule has 54 heavy (non-hydrogen) atoms. The van der Waals surface area contributed by atoms with Crippen molar-refractivity contribution in [3.8, 4) is 0 Å². The molecule has 0 aromatic rings. The predicted octanol–water partition coefficient (Wildman–Crippen LogP) is 1.74. The molecule has 306 valence electrons. The van der Waals surface area contributed by atoms with Gasteiger partial charge in [0.15, 0.2) is 0 Å². The lowest BCUT2D eigenvalue weighted by molar-refractivity contribution is -0.142. The number of aliphatic hydroxyl groups is 3. The Labute approximate surface area is 319 Å². The average molecular weight is 766 g/mol. The van der Waals surface area contributed by atoms with Crippen molar-refractivity contribution in [1.29, 1.82) is 0 Å². The van der Waals surface area contributed by atoms with Gasteiger partial charge in [-0.1, -0.05) is 19.7 Å². The van der Waals surface area contributed by atoms with E-state index in [0.29, 0.717) is 74.5 Å². The predicted molar refractivity (Wildman–Crippen MR) is 197 cm³/mol. The number of esters is 3. The Bertz CT molecular complexity index is 1140. The van der Waals surface area contributed by atoms with Crippen LogP contribution in [-0.4, -0.2) is 128 Å². The molecule has 0 amide bonds. The minimum atomic E-state index is -0.688. The molecule has 6 N–H and O–H groups in total. The van der Waals surface area contributed by atoms with Crippen LogP contribution in [-0.2, 0) is 42.8 Å². The van der Waals surface area contributed by atoms with Gasteiger partial charge in [-0.25, -0.2) is 14.4 Å². The third kappa shape index (κ3) is 13.2. The average Bonchev–Trinajstić information content (AvgIpc) is 3.13. The summed E-state index contributed by atoms with van der Waals surface area (Å²) in [6.45, 7) is 16.5. The molecule has 3 aliphatic carbocycles. The molecule has 1 heterocycles. The van der Waals surface area contributed by atoms with E-state index >= 15 is 0 Å². The van der Waals surface area contributed by atoms with E-state index in [1.54, 1.807) is 20.8 Å². The van der Waals surface area contributed by atoms with Gasteiger partial charge >= 0.3 is 17.9 Å². The van der Waals surface area contributed by atoms with E-state index in [9.17, 15) is 29.7 Å². The highest BCUT2D eigenvalue weighted by Crippen LogP contribution is 2.36. The Kier molecular flexibility index (Phi) is 17.5. The van der Waals surface area contributed by atoms with E-state index in [1.165, 1.54) is 0 Å². The molecule has 0 aromatic carbocycles. The molecular formula is C39H63N3O12. The van der Waals surface area contributed by atoms with Crippen molar-refractivity contribution in [2.24, 2.45) is 17.8 Å². The van der Waals surface area contributed by atoms with Crippen molar-refractivity contribution in [2.45, 2.75) is 134 Å². The smallest absolute Gasteiger partial charge is 0.333 e. The van der Waals surface area contributed by atoms with Gasteiger partial charge in [-0.3, -0.25) is 16.0 Å². The van der Waals surface area contributed by atoms with Crippen LogP contribution in [0.3, 0.4) is 0 Å². The van der Waals surface area contributed by atoms with Gasteiger partial charge < -0.3 is 43.7 Å². The van der Waals surface area contributed by atoms with Crippen LogP contribution in [0.15, 0.2) is 36.5 Å². The van der Waals surface area contributed by atoms with Crippen molar-refractivity contribution >= 4 is 17.9 Å². The first kappa shape index (κ1) is 44.0. The molecular weight excluding hydrogens is 702 g/mol. The van der Waals surface area contributed by atoms with Crippen LogP contribution in [0, 0.1) is 17.8 Å². The van der Waals surface area contributed by atoms with E-state index in [2.05, 4.69) is 35.7 Å². The van der Waals surface area contributed by atoms with Gasteiger partial charge in [0.1, 0.15) is 19.8 Å². The third-order valence-corrected chi connectivity index (χ3v) is 10.9. The lowest BCUT2D eigenvalue weighted by atomic mass is 9.77. The summed E-state index contributed by atoms with van der Waals surface area (Å²) >= 11 is 0. The molecule has 0 radical (unpaired) electrons. The zero-order valence-electron chi connectivity index (χ0n) is 32.2. The molecule has 4 aliphatic rings. The topological polar surface area (TPSA) is 203 Å². The number of nitrogens with one attached hydrogen (secondary N) is 3. The molecule has 15 heteroatoms. The van der Waals surface area contributed by atoms with Crippen LogP contribution < -0.4 is 16.0 Å². The van der Waals surface area contributed by atoms with Gasteiger partial charge in [-0.15, -0.1) is 0 Å². The monoisotopic (exact) mass is 765 g/mol. The molecule has 1 saturated heterocycles. The Morgan fingerprint density at radius 3 is 0.963 bits per heavy atom. The van der Waals surface area contributed by atoms with E-state index in [4.69, 9.17) is 28.4 Å². The molecule has 9 unspecified atom stereocenters. The van der Waals surface area contributed by atoms with Crippen LogP contribution in [0.5, 0.6) is 0 Å². The van der Waals surface area contributed by atoms with Crippen LogP contribution >= 0.6 is 0 Å². The van der Waals surface area contributed by atoms with Crippen molar-refractivity contribution in [2.75, 3.05) is 39.6 Å². The second-order valence-corrected chi connectivity index (χ2v) is 15.3. The van der Waals surface area contributed by atoms with Crippen molar-refractivity contribution in [1.82, 2.24) is 16.0 Å². The first-order valence-electron chi connectivity index (χ1n) is 19.4. The second-order valence-electron chi connectivity index (χ2n) is 15.3. The summed E-state index contributed by atoms with van der Waals surface area (Å²) in [6, 6.07) is 0. The number of aliphatic hydroxyl groups excluding tert-OH is 3. The Morgan fingerprint density at radius 1 is 0.481 bits per heavy atom. The maximum absolute atomic E-state index is 11.7. The summed E-state index contributed by atoms with van der Waals surface area (Å²) in [4.78, 5) is 35.1. The van der Waals surface area contributed by atoms with E-state index in [1.807, 2.05) is 0 Å². The van der Waals surface area contributed by atoms with Gasteiger partial charge in [0.25, 0.3) is 0 Å². The van der Waals surface area contributed by atoms with Crippen LogP contribution in [0.2, 0.25) is 0 Å². The van der Waals surface area contributed by atoms with Crippen LogP contribution in [0.1, 0.15) is 78.6 Å². The van der Waals surface area contributed by atoms with Crippen molar-refractivity contribution < 1.29 is 58.1 Å². The number of hydrogen-bond donors (Lipinski definition) is 6. The minimum absolute atomic E-state index is 0.110. The lowest BCUT2D eigenvalue weighted by Gasteiger charge is -2.51. The normalized spacial score (nSPS) is 34.3. The Balaban J connectivity index is 1.35. The minimum Gasteiger partial charge on any atom is -0.460 e. The standard InChI is InChI=1S/C39H63N3O12/c1-22(2)37(46)52-16-13-49-25-7-10-28(31(43)19-25)34-40-35(29-11-8-26(20-32(29)44)50-14-17-53-38(47)23(3)4)42-36(41-34)30-12-9-27(21-33(30)45)51-15-18-54-39(48)24(5)6/h25-36,40-45H,1,3,5,7-21H2,2,4,6H3. The van der Waals surface area contributed by atoms with Crippen molar-refractivity contribution in [3.05, 3.63) is 36.5 Å². The fourth-order valence-corrected chi connectivity index (χ4v) is 7.90. The molecule has 9 atom stereocenters. The fourth-order valence-electron chi connectivity index (χ4n) is 7.90. The quantitative estimate of drug-likeness (QED) is 0.0510. The first-order valence-corrected chi connectivity index (χ1v) is 19.4. The van der Waals surface area contributed by atoms with Crippen LogP contribution in [0.4, 0.5) is 0 Å². The number of carbonyl (C=O) groups excluding carboxylic acids is 3. The molecule has 4 rings (SSSR count). The van der Waals surface area contributed by atoms with E-state index < -0.39 is 36.2 Å². The lowest BCUT2D eigenvalue weighted by Crippen LogP contribution is -2.75. The number of rotatable bonds is 18. The number of carbonyl (C=O) groups is 3. The van der Waals surface area contributed by atoms with E-state index in [-0.39, 0.29) is 94.2 Å². The zero-order valence-corrected chi connectivity index (χ0v) is 32.2. The highest BCUT2D eigenvalue weighted by molar-refractivity contribution is 5.87. The van der Waals surface area contributed by atoms with Gasteiger partial charge in [0, 0.05) is 34.5 Å². The molecule has 0 aromatic heterocycles. The fraction of sp³-hybridized carbons (Fsp3) is 0.769. The molecule has 0 bridgehead atoms. The molecule has 0 spiro atoms. The second kappa shape index (κ2) is 21.5. The summed E-state index contributed by atoms with van der Waals surface area (Å²) < 4.78 is 33.3. The Morgan fingerprint density at radius 2 is 0.741 bits per heavy atom. The summed E-state index contributed by atoms with van der Waals surface area (Å²) in [5.74, 6) is -1.90. The molecule has 3 saturated carbocycles. The largest absolute Gasteiger partial charge is 0.460 e. The SMILES string of the molecule is C=C(C)C(=O)OCCOC1CCC(C2NC(C3CCC(OCCOC(=O)C(=C)C)CC3O)NC(C3CCC(OCCOC(=O)C(=C)C)CC3O)N2)C(O)C1. The maximum atomic E-state index is 11.7. The highest BCUT2D eigenvalue weighted by atomic mass is 16.6. The van der Waals surface area contributed by atoms with Gasteiger partial charge in [0.05, 0.1) is 74.9 Å². The molecule has 15 nitrogen and oxygen atoms in total. The number of hydrogen-bond acceptors (Lipinski definition) is 15. The zero-order chi connectivity index (χ0) is 39.4.